The van der Waals surface area contributed by atoms with E-state index in [2.05, 4.69) is 49.0 Å². The van der Waals surface area contributed by atoms with Crippen LogP contribution in [0.5, 0.6) is 0 Å². The Kier molecular flexibility index (Phi) is 2.95. The van der Waals surface area contributed by atoms with Gasteiger partial charge in [0.15, 0.2) is 0 Å². The van der Waals surface area contributed by atoms with E-state index >= 15 is 0 Å². The molecule has 0 unspecified atom stereocenters. The molecule has 0 spiro atoms. The first-order valence-corrected chi connectivity index (χ1v) is 8.44. The highest BCUT2D eigenvalue weighted by Crippen LogP contribution is 2.37. The number of aryl methyl sites for hydroxylation is 1. The minimum Gasteiger partial charge on any atom is -0.333 e. The molecule has 24 heavy (non-hydrogen) atoms. The Balaban J connectivity index is 1.45. The second-order valence-electron chi connectivity index (χ2n) is 6.67. The molecule has 1 aliphatic carbocycles. The van der Waals surface area contributed by atoms with E-state index in [0.717, 1.165) is 36.8 Å². The van der Waals surface area contributed by atoms with E-state index in [1.54, 1.807) is 0 Å². The minimum atomic E-state index is 0.686. The Morgan fingerprint density at radius 3 is 2.75 bits per heavy atom. The Morgan fingerprint density at radius 1 is 1.12 bits per heavy atom. The molecular formula is C17H19N7. The maximum atomic E-state index is 4.64. The molecule has 1 aliphatic heterocycles. The number of tetrazole rings is 1. The van der Waals surface area contributed by atoms with Crippen LogP contribution in [0, 0.1) is 6.92 Å². The van der Waals surface area contributed by atoms with Crippen LogP contribution in [0.1, 0.15) is 35.8 Å². The maximum absolute atomic E-state index is 4.64. The SMILES string of the molecule is Cc1ccc(-n2nnnc2N2CCc3c(ncn3C3CC3)C2)cc1. The van der Waals surface area contributed by atoms with Gasteiger partial charge in [-0.2, -0.15) is 4.68 Å². The monoisotopic (exact) mass is 321 g/mol. The van der Waals surface area contributed by atoms with Gasteiger partial charge >= 0.3 is 0 Å². The molecule has 5 rings (SSSR count). The quantitative estimate of drug-likeness (QED) is 0.739. The number of anilines is 1. The van der Waals surface area contributed by atoms with E-state index in [4.69, 9.17) is 0 Å². The number of hydrogen-bond donors (Lipinski definition) is 0. The van der Waals surface area contributed by atoms with Gasteiger partial charge in [0.2, 0.25) is 0 Å². The summed E-state index contributed by atoms with van der Waals surface area (Å²) in [4.78, 5) is 6.85. The van der Waals surface area contributed by atoms with Crippen LogP contribution in [0.25, 0.3) is 5.69 Å². The van der Waals surface area contributed by atoms with E-state index in [0.29, 0.717) is 6.04 Å². The zero-order valence-corrected chi connectivity index (χ0v) is 13.6. The Labute approximate surface area is 139 Å². The van der Waals surface area contributed by atoms with Crippen molar-refractivity contribution in [3.05, 3.63) is 47.5 Å². The fraction of sp³-hybridized carbons (Fsp3) is 0.412. The number of rotatable bonds is 3. The molecule has 3 heterocycles. The first kappa shape index (κ1) is 13.7. The van der Waals surface area contributed by atoms with Gasteiger partial charge in [-0.15, -0.1) is 0 Å². The fourth-order valence-corrected chi connectivity index (χ4v) is 3.40. The van der Waals surface area contributed by atoms with Gasteiger partial charge in [-0.25, -0.2) is 4.98 Å². The smallest absolute Gasteiger partial charge is 0.250 e. The van der Waals surface area contributed by atoms with Gasteiger partial charge in [-0.05, 0) is 42.3 Å². The van der Waals surface area contributed by atoms with Crippen LogP contribution < -0.4 is 4.90 Å². The minimum absolute atomic E-state index is 0.686. The van der Waals surface area contributed by atoms with Crippen LogP contribution in [0.2, 0.25) is 0 Å². The third-order valence-electron chi connectivity index (χ3n) is 4.90. The van der Waals surface area contributed by atoms with Crippen LogP contribution in [-0.4, -0.2) is 36.3 Å². The normalized spacial score (nSPS) is 17.1. The molecule has 1 saturated carbocycles. The topological polar surface area (TPSA) is 64.7 Å². The summed E-state index contributed by atoms with van der Waals surface area (Å²) in [7, 11) is 0. The lowest BCUT2D eigenvalue weighted by Gasteiger charge is -2.27. The van der Waals surface area contributed by atoms with Gasteiger partial charge in [-0.3, -0.25) is 0 Å². The molecule has 3 aromatic rings. The van der Waals surface area contributed by atoms with Gasteiger partial charge in [0.1, 0.15) is 0 Å². The van der Waals surface area contributed by atoms with E-state index in [1.807, 2.05) is 23.1 Å². The standard InChI is InChI=1S/C17H19N7/c1-12-2-4-14(5-3-12)24-17(19-20-21-24)22-9-8-16-15(10-22)18-11-23(16)13-6-7-13/h2-5,11,13H,6-10H2,1H3. The van der Waals surface area contributed by atoms with Gasteiger partial charge in [0, 0.05) is 24.7 Å². The number of fused-ring (bicyclic) bond motifs is 1. The van der Waals surface area contributed by atoms with E-state index in [9.17, 15) is 0 Å². The Hall–Kier alpha value is -2.70. The lowest BCUT2D eigenvalue weighted by molar-refractivity contribution is 0.627. The maximum Gasteiger partial charge on any atom is 0.250 e. The van der Waals surface area contributed by atoms with Crippen LogP contribution in [0.3, 0.4) is 0 Å². The largest absolute Gasteiger partial charge is 0.333 e. The summed E-state index contributed by atoms with van der Waals surface area (Å²) in [5.74, 6) is 0.783. The van der Waals surface area contributed by atoms with Gasteiger partial charge in [0.05, 0.1) is 24.3 Å². The van der Waals surface area contributed by atoms with Crippen molar-refractivity contribution in [3.8, 4) is 5.69 Å². The lowest BCUT2D eigenvalue weighted by atomic mass is 10.1. The molecular weight excluding hydrogens is 302 g/mol. The molecule has 1 fully saturated rings. The predicted molar refractivity (Wildman–Crippen MR) is 89.1 cm³/mol. The molecule has 2 aliphatic rings. The van der Waals surface area contributed by atoms with E-state index < -0.39 is 0 Å². The fourth-order valence-electron chi connectivity index (χ4n) is 3.40. The zero-order chi connectivity index (χ0) is 16.1. The molecule has 0 N–H and O–H groups in total. The molecule has 1 aromatic carbocycles. The van der Waals surface area contributed by atoms with Crippen molar-refractivity contribution in [3.63, 3.8) is 0 Å². The molecule has 0 saturated heterocycles. The van der Waals surface area contributed by atoms with Crippen LogP contribution in [0.4, 0.5) is 5.95 Å². The van der Waals surface area contributed by atoms with Crippen molar-refractivity contribution < 1.29 is 0 Å². The molecule has 2 aromatic heterocycles. The molecule has 0 amide bonds. The van der Waals surface area contributed by atoms with Crippen molar-refractivity contribution in [1.29, 1.82) is 0 Å². The second-order valence-corrected chi connectivity index (χ2v) is 6.67. The Morgan fingerprint density at radius 2 is 1.96 bits per heavy atom. The van der Waals surface area contributed by atoms with Crippen LogP contribution in [-0.2, 0) is 13.0 Å². The van der Waals surface area contributed by atoms with Crippen molar-refractivity contribution in [1.82, 2.24) is 29.8 Å². The zero-order valence-electron chi connectivity index (χ0n) is 13.6. The number of nitrogens with zero attached hydrogens (tertiary/aromatic N) is 7. The average molecular weight is 321 g/mol. The van der Waals surface area contributed by atoms with Gasteiger partial charge in [0.25, 0.3) is 5.95 Å². The third-order valence-corrected chi connectivity index (χ3v) is 4.90. The first-order chi connectivity index (χ1) is 11.8. The third kappa shape index (κ3) is 2.19. The number of benzene rings is 1. The summed E-state index contributed by atoms with van der Waals surface area (Å²) in [5.41, 5.74) is 4.76. The highest BCUT2D eigenvalue weighted by Gasteiger charge is 2.30. The lowest BCUT2D eigenvalue weighted by Crippen LogP contribution is -2.33. The molecule has 0 bridgehead atoms. The summed E-state index contributed by atoms with van der Waals surface area (Å²) in [6, 6.07) is 8.93. The van der Waals surface area contributed by atoms with E-state index in [1.165, 1.54) is 24.1 Å². The van der Waals surface area contributed by atoms with Crippen molar-refractivity contribution in [2.45, 2.75) is 38.8 Å². The highest BCUT2D eigenvalue weighted by atomic mass is 15.6. The summed E-state index contributed by atoms with van der Waals surface area (Å²) in [6.07, 6.45) is 5.58. The first-order valence-electron chi connectivity index (χ1n) is 8.44. The summed E-state index contributed by atoms with van der Waals surface area (Å²) in [5, 5.41) is 12.3. The molecule has 0 radical (unpaired) electrons. The van der Waals surface area contributed by atoms with Crippen molar-refractivity contribution in [2.24, 2.45) is 0 Å². The highest BCUT2D eigenvalue weighted by molar-refractivity contribution is 5.43. The second kappa shape index (κ2) is 5.15. The molecule has 0 atom stereocenters. The van der Waals surface area contributed by atoms with Crippen molar-refractivity contribution >= 4 is 5.95 Å². The Bertz CT molecular complexity index is 873. The van der Waals surface area contributed by atoms with E-state index in [-0.39, 0.29) is 0 Å². The van der Waals surface area contributed by atoms with Gasteiger partial charge < -0.3 is 9.47 Å². The number of imidazole rings is 1. The van der Waals surface area contributed by atoms with Crippen LogP contribution >= 0.6 is 0 Å². The number of aromatic nitrogens is 6. The van der Waals surface area contributed by atoms with Crippen molar-refractivity contribution in [2.75, 3.05) is 11.4 Å². The average Bonchev–Trinajstić information content (AvgIpc) is 3.18. The number of hydrogen-bond acceptors (Lipinski definition) is 5. The molecule has 7 heteroatoms. The predicted octanol–water partition coefficient (Wildman–Crippen LogP) is 2.06. The molecule has 122 valence electrons. The summed E-state index contributed by atoms with van der Waals surface area (Å²) < 4.78 is 4.18. The molecule has 7 nitrogen and oxygen atoms in total. The summed E-state index contributed by atoms with van der Waals surface area (Å²) in [6.45, 7) is 3.76. The van der Waals surface area contributed by atoms with Gasteiger partial charge in [-0.1, -0.05) is 22.8 Å². The summed E-state index contributed by atoms with van der Waals surface area (Å²) >= 11 is 0. The van der Waals surface area contributed by atoms with Crippen LogP contribution in [0.15, 0.2) is 30.6 Å².